The van der Waals surface area contributed by atoms with Crippen LogP contribution < -0.4 is 10.2 Å². The van der Waals surface area contributed by atoms with Crippen molar-refractivity contribution in [3.8, 4) is 0 Å². The Bertz CT molecular complexity index is 731. The molecule has 0 aromatic carbocycles. The van der Waals surface area contributed by atoms with Crippen molar-refractivity contribution in [2.24, 2.45) is 5.92 Å². The second-order valence-electron chi connectivity index (χ2n) is 6.94. The van der Waals surface area contributed by atoms with E-state index in [1.165, 1.54) is 12.8 Å². The molecule has 7 nitrogen and oxygen atoms in total. The van der Waals surface area contributed by atoms with Crippen LogP contribution in [0.4, 0.5) is 11.8 Å². The molecule has 0 atom stereocenters. The number of anilines is 2. The molecule has 1 saturated heterocycles. The maximum atomic E-state index is 12.8. The van der Waals surface area contributed by atoms with E-state index in [0.29, 0.717) is 12.1 Å². The van der Waals surface area contributed by atoms with E-state index in [9.17, 15) is 4.79 Å². The second-order valence-corrected chi connectivity index (χ2v) is 6.94. The Kier molecular flexibility index (Phi) is 4.95. The highest BCUT2D eigenvalue weighted by atomic mass is 16.2. The molecule has 0 radical (unpaired) electrons. The van der Waals surface area contributed by atoms with Crippen LogP contribution in [-0.2, 0) is 0 Å². The third-order valence-electron chi connectivity index (χ3n) is 4.90. The number of carbonyl (C=O) groups excluding carboxylic acids is 1. The van der Waals surface area contributed by atoms with Crippen molar-refractivity contribution in [3.63, 3.8) is 0 Å². The first-order valence-corrected chi connectivity index (χ1v) is 9.31. The van der Waals surface area contributed by atoms with E-state index < -0.39 is 0 Å². The number of rotatable bonds is 5. The first kappa shape index (κ1) is 16.8. The Labute approximate surface area is 153 Å². The number of pyridine rings is 1. The van der Waals surface area contributed by atoms with Gasteiger partial charge in [0.05, 0.1) is 5.56 Å². The minimum absolute atomic E-state index is 0.0436. The monoisotopic (exact) mass is 352 g/mol. The molecule has 2 fully saturated rings. The molecule has 2 aliphatic rings. The highest BCUT2D eigenvalue weighted by Gasteiger charge is 2.22. The summed E-state index contributed by atoms with van der Waals surface area (Å²) >= 11 is 0. The van der Waals surface area contributed by atoms with Crippen LogP contribution in [0.2, 0.25) is 0 Å². The Hall–Kier alpha value is -2.70. The van der Waals surface area contributed by atoms with Gasteiger partial charge < -0.3 is 15.1 Å². The highest BCUT2D eigenvalue weighted by Crippen LogP contribution is 2.28. The molecule has 1 N–H and O–H groups in total. The Morgan fingerprint density at radius 1 is 1.08 bits per heavy atom. The van der Waals surface area contributed by atoms with Crippen molar-refractivity contribution in [1.29, 1.82) is 0 Å². The topological polar surface area (TPSA) is 74.2 Å². The number of nitrogens with zero attached hydrogens (tertiary/aromatic N) is 5. The molecule has 3 heterocycles. The lowest BCUT2D eigenvalue weighted by atomic mass is 10.2. The average Bonchev–Trinajstić information content (AvgIpc) is 3.53. The first-order valence-electron chi connectivity index (χ1n) is 9.31. The van der Waals surface area contributed by atoms with Gasteiger partial charge in [0.15, 0.2) is 0 Å². The van der Waals surface area contributed by atoms with Gasteiger partial charge in [0.1, 0.15) is 5.82 Å². The van der Waals surface area contributed by atoms with Crippen LogP contribution >= 0.6 is 0 Å². The number of carbonyl (C=O) groups is 1. The van der Waals surface area contributed by atoms with E-state index in [0.717, 1.165) is 50.3 Å². The van der Waals surface area contributed by atoms with Crippen molar-refractivity contribution in [2.45, 2.75) is 19.3 Å². The average molecular weight is 352 g/mol. The van der Waals surface area contributed by atoms with Gasteiger partial charge in [-0.05, 0) is 43.4 Å². The van der Waals surface area contributed by atoms with E-state index in [4.69, 9.17) is 0 Å². The fourth-order valence-corrected chi connectivity index (χ4v) is 3.15. The molecule has 1 aliphatic heterocycles. The van der Waals surface area contributed by atoms with Crippen molar-refractivity contribution in [3.05, 3.63) is 42.4 Å². The molecule has 7 heteroatoms. The summed E-state index contributed by atoms with van der Waals surface area (Å²) in [6, 6.07) is 5.58. The van der Waals surface area contributed by atoms with Crippen LogP contribution in [-0.4, -0.2) is 58.5 Å². The first-order chi connectivity index (χ1) is 12.8. The van der Waals surface area contributed by atoms with Gasteiger partial charge in [-0.15, -0.1) is 0 Å². The zero-order valence-corrected chi connectivity index (χ0v) is 14.8. The number of aromatic nitrogens is 3. The van der Waals surface area contributed by atoms with Gasteiger partial charge in [0, 0.05) is 51.3 Å². The molecule has 4 rings (SSSR count). The molecule has 0 spiro atoms. The van der Waals surface area contributed by atoms with Crippen molar-refractivity contribution < 1.29 is 4.79 Å². The summed E-state index contributed by atoms with van der Waals surface area (Å²) in [7, 11) is 0. The van der Waals surface area contributed by atoms with E-state index >= 15 is 0 Å². The number of amides is 1. The summed E-state index contributed by atoms with van der Waals surface area (Å²) in [4.78, 5) is 29.8. The summed E-state index contributed by atoms with van der Waals surface area (Å²) < 4.78 is 0. The molecule has 0 bridgehead atoms. The van der Waals surface area contributed by atoms with Crippen molar-refractivity contribution >= 4 is 17.7 Å². The molecule has 0 unspecified atom stereocenters. The summed E-state index contributed by atoms with van der Waals surface area (Å²) in [5.74, 6) is 2.42. The minimum atomic E-state index is 0.0436. The Morgan fingerprint density at radius 2 is 1.92 bits per heavy atom. The van der Waals surface area contributed by atoms with E-state index in [-0.39, 0.29) is 5.91 Å². The normalized spacial score (nSPS) is 17.7. The largest absolute Gasteiger partial charge is 0.370 e. The van der Waals surface area contributed by atoms with Gasteiger partial charge >= 0.3 is 0 Å². The summed E-state index contributed by atoms with van der Waals surface area (Å²) in [5.41, 5.74) is 0.645. The quantitative estimate of drug-likeness (QED) is 0.888. The summed E-state index contributed by atoms with van der Waals surface area (Å²) in [6.07, 6.45) is 8.70. The fourth-order valence-electron chi connectivity index (χ4n) is 3.15. The van der Waals surface area contributed by atoms with Crippen LogP contribution in [0.1, 0.15) is 29.6 Å². The molecule has 136 valence electrons. The van der Waals surface area contributed by atoms with Crippen LogP contribution in [0.15, 0.2) is 36.8 Å². The number of hydrogen-bond acceptors (Lipinski definition) is 6. The predicted molar refractivity (Wildman–Crippen MR) is 100 cm³/mol. The zero-order valence-electron chi connectivity index (χ0n) is 14.8. The predicted octanol–water partition coefficient (Wildman–Crippen LogP) is 2.05. The van der Waals surface area contributed by atoms with Crippen LogP contribution in [0, 0.1) is 5.92 Å². The smallest absolute Gasteiger partial charge is 0.255 e. The molecule has 2 aromatic rings. The molecular weight excluding hydrogens is 328 g/mol. The van der Waals surface area contributed by atoms with Gasteiger partial charge in [-0.1, -0.05) is 0 Å². The second kappa shape index (κ2) is 7.68. The van der Waals surface area contributed by atoms with Crippen molar-refractivity contribution in [1.82, 2.24) is 19.9 Å². The van der Waals surface area contributed by atoms with Gasteiger partial charge in [-0.3, -0.25) is 4.79 Å². The third kappa shape index (κ3) is 4.09. The van der Waals surface area contributed by atoms with E-state index in [2.05, 4.69) is 25.2 Å². The fraction of sp³-hybridized carbons (Fsp3) is 0.474. The lowest BCUT2D eigenvalue weighted by Gasteiger charge is -2.22. The number of nitrogens with one attached hydrogen (secondary N) is 1. The molecule has 26 heavy (non-hydrogen) atoms. The lowest BCUT2D eigenvalue weighted by molar-refractivity contribution is 0.0766. The highest BCUT2D eigenvalue weighted by molar-refractivity contribution is 5.94. The standard InChI is InChI=1S/C19H24N6O/c26-18(16-5-6-17(23-14-16)22-13-15-3-4-15)24-9-2-10-25(12-11-24)19-20-7-1-8-21-19/h1,5-8,14-15H,2-4,9-13H2,(H,22,23). The Balaban J connectivity index is 1.35. The molecule has 1 saturated carbocycles. The molecule has 1 amide bonds. The summed E-state index contributed by atoms with van der Waals surface area (Å²) in [5, 5.41) is 3.33. The van der Waals surface area contributed by atoms with E-state index in [1.807, 2.05) is 23.1 Å². The zero-order chi connectivity index (χ0) is 17.8. The molecular formula is C19H24N6O. The van der Waals surface area contributed by atoms with Gasteiger partial charge in [0.25, 0.3) is 5.91 Å². The minimum Gasteiger partial charge on any atom is -0.370 e. The molecule has 2 aromatic heterocycles. The van der Waals surface area contributed by atoms with Crippen LogP contribution in [0.25, 0.3) is 0 Å². The SMILES string of the molecule is O=C(c1ccc(NCC2CC2)nc1)N1CCCN(c2ncccn2)CC1. The van der Waals surface area contributed by atoms with Gasteiger partial charge in [-0.25, -0.2) is 15.0 Å². The van der Waals surface area contributed by atoms with E-state index in [1.54, 1.807) is 18.6 Å². The van der Waals surface area contributed by atoms with Crippen LogP contribution in [0.3, 0.4) is 0 Å². The van der Waals surface area contributed by atoms with Gasteiger partial charge in [-0.2, -0.15) is 0 Å². The number of hydrogen-bond donors (Lipinski definition) is 1. The lowest BCUT2D eigenvalue weighted by Crippen LogP contribution is -2.35. The van der Waals surface area contributed by atoms with Gasteiger partial charge in [0.2, 0.25) is 5.95 Å². The summed E-state index contributed by atoms with van der Waals surface area (Å²) in [6.45, 7) is 3.98. The van der Waals surface area contributed by atoms with Crippen LogP contribution in [0.5, 0.6) is 0 Å². The maximum absolute atomic E-state index is 12.8. The maximum Gasteiger partial charge on any atom is 0.255 e. The van der Waals surface area contributed by atoms with Crippen molar-refractivity contribution in [2.75, 3.05) is 42.9 Å². The third-order valence-corrected chi connectivity index (χ3v) is 4.90. The molecule has 1 aliphatic carbocycles. The Morgan fingerprint density at radius 3 is 2.65 bits per heavy atom.